The van der Waals surface area contributed by atoms with E-state index >= 15 is 0 Å². The Balaban J connectivity index is 0.00000200. The van der Waals surface area contributed by atoms with E-state index in [1.165, 1.54) is 18.2 Å². The van der Waals surface area contributed by atoms with Crippen LogP contribution in [-0.4, -0.2) is 42.8 Å². The van der Waals surface area contributed by atoms with Crippen molar-refractivity contribution >= 4 is 40.5 Å². The van der Waals surface area contributed by atoms with Gasteiger partial charge in [0.2, 0.25) is 10.0 Å². The Bertz CT molecular complexity index is 603. The van der Waals surface area contributed by atoms with Gasteiger partial charge in [0.05, 0.1) is 4.92 Å². The molecule has 8 nitrogen and oxygen atoms in total. The zero-order valence-corrected chi connectivity index (χ0v) is 13.2. The maximum absolute atomic E-state index is 12.4. The van der Waals surface area contributed by atoms with Gasteiger partial charge >= 0.3 is 0 Å². The number of nitro benzene ring substituents is 1. The first-order valence-electron chi connectivity index (χ1n) is 5.59. The van der Waals surface area contributed by atoms with E-state index in [4.69, 9.17) is 11.5 Å². The molecular weight excluding hydrogens is 343 g/mol. The Morgan fingerprint density at radius 3 is 2.10 bits per heavy atom. The average molecular weight is 359 g/mol. The summed E-state index contributed by atoms with van der Waals surface area (Å²) >= 11 is 0. The Morgan fingerprint density at radius 1 is 1.14 bits per heavy atom. The molecule has 1 fully saturated rings. The second kappa shape index (κ2) is 7.34. The number of sulfonamides is 1. The highest BCUT2D eigenvalue weighted by Gasteiger charge is 2.38. The first-order valence-corrected chi connectivity index (χ1v) is 7.03. The van der Waals surface area contributed by atoms with Gasteiger partial charge < -0.3 is 11.5 Å². The fraction of sp³-hybridized carbons (Fsp3) is 0.400. The van der Waals surface area contributed by atoms with Gasteiger partial charge in [-0.2, -0.15) is 4.31 Å². The molecule has 120 valence electrons. The monoisotopic (exact) mass is 358 g/mol. The molecule has 1 saturated heterocycles. The van der Waals surface area contributed by atoms with Crippen molar-refractivity contribution in [1.82, 2.24) is 4.31 Å². The SMILES string of the molecule is Cl.Cl.N[C@@H]1CN(S(=O)(=O)c2ccccc2[N+](=O)[O-])C[C@@H]1N. The molecule has 0 amide bonds. The zero-order valence-electron chi connectivity index (χ0n) is 10.8. The summed E-state index contributed by atoms with van der Waals surface area (Å²) in [6.45, 7) is 0.130. The second-order valence-electron chi connectivity index (χ2n) is 4.37. The van der Waals surface area contributed by atoms with E-state index in [1.54, 1.807) is 0 Å². The standard InChI is InChI=1S/C10H14N4O4S.2ClH/c11-7-5-13(6-8(7)12)19(17,18)10-4-2-1-3-9(10)14(15)16;;/h1-4,7-8H,5-6,11-12H2;2*1H/t7-,8+;;. The molecule has 2 atom stereocenters. The number of hydrogen-bond acceptors (Lipinski definition) is 6. The zero-order chi connectivity index (χ0) is 14.2. The largest absolute Gasteiger partial charge is 0.325 e. The van der Waals surface area contributed by atoms with Gasteiger partial charge in [0, 0.05) is 31.2 Å². The van der Waals surface area contributed by atoms with Crippen molar-refractivity contribution in [2.75, 3.05) is 13.1 Å². The molecule has 0 spiro atoms. The van der Waals surface area contributed by atoms with Crippen LogP contribution >= 0.6 is 24.8 Å². The van der Waals surface area contributed by atoms with Crippen molar-refractivity contribution < 1.29 is 13.3 Å². The van der Waals surface area contributed by atoms with Crippen molar-refractivity contribution in [3.63, 3.8) is 0 Å². The van der Waals surface area contributed by atoms with Crippen LogP contribution in [0.25, 0.3) is 0 Å². The van der Waals surface area contributed by atoms with Crippen LogP contribution in [0.4, 0.5) is 5.69 Å². The molecule has 1 aliphatic heterocycles. The van der Waals surface area contributed by atoms with Crippen molar-refractivity contribution in [1.29, 1.82) is 0 Å². The average Bonchev–Trinajstić information content (AvgIpc) is 2.70. The Labute approximate surface area is 134 Å². The van der Waals surface area contributed by atoms with Crippen molar-refractivity contribution in [3.05, 3.63) is 34.4 Å². The van der Waals surface area contributed by atoms with E-state index in [0.717, 1.165) is 10.4 Å². The molecule has 0 aliphatic carbocycles. The summed E-state index contributed by atoms with van der Waals surface area (Å²) in [7, 11) is -3.95. The normalized spacial score (nSPS) is 22.2. The van der Waals surface area contributed by atoms with Crippen LogP contribution < -0.4 is 11.5 Å². The van der Waals surface area contributed by atoms with Crippen LogP contribution in [0.2, 0.25) is 0 Å². The number of para-hydroxylation sites is 1. The van der Waals surface area contributed by atoms with Gasteiger partial charge in [-0.1, -0.05) is 12.1 Å². The van der Waals surface area contributed by atoms with E-state index in [9.17, 15) is 18.5 Å². The minimum Gasteiger partial charge on any atom is -0.325 e. The number of halogens is 2. The lowest BCUT2D eigenvalue weighted by Crippen LogP contribution is -2.39. The lowest BCUT2D eigenvalue weighted by atomic mass is 10.2. The van der Waals surface area contributed by atoms with Gasteiger partial charge in [-0.15, -0.1) is 24.8 Å². The number of nitro groups is 1. The van der Waals surface area contributed by atoms with E-state index in [1.807, 2.05) is 0 Å². The molecule has 21 heavy (non-hydrogen) atoms. The second-order valence-corrected chi connectivity index (χ2v) is 6.28. The number of hydrogen-bond donors (Lipinski definition) is 2. The quantitative estimate of drug-likeness (QED) is 0.581. The van der Waals surface area contributed by atoms with Gasteiger partial charge in [-0.25, -0.2) is 8.42 Å². The summed E-state index contributed by atoms with van der Waals surface area (Å²) in [6.07, 6.45) is 0. The third-order valence-electron chi connectivity index (χ3n) is 3.06. The third kappa shape index (κ3) is 3.82. The Morgan fingerprint density at radius 2 is 1.62 bits per heavy atom. The highest BCUT2D eigenvalue weighted by atomic mass is 35.5. The molecule has 0 aromatic heterocycles. The van der Waals surface area contributed by atoms with Gasteiger partial charge in [-0.05, 0) is 6.07 Å². The topological polar surface area (TPSA) is 133 Å². The van der Waals surface area contributed by atoms with Crippen molar-refractivity contribution in [3.8, 4) is 0 Å². The molecule has 1 aromatic rings. The molecule has 0 saturated carbocycles. The summed E-state index contributed by atoms with van der Waals surface area (Å²) in [5.41, 5.74) is 10.9. The molecule has 1 aliphatic rings. The van der Waals surface area contributed by atoms with Crippen molar-refractivity contribution in [2.24, 2.45) is 11.5 Å². The first-order chi connectivity index (χ1) is 8.84. The predicted molar refractivity (Wildman–Crippen MR) is 82.3 cm³/mol. The van der Waals surface area contributed by atoms with E-state index in [0.29, 0.717) is 0 Å². The van der Waals surface area contributed by atoms with Crippen LogP contribution in [-0.2, 0) is 10.0 Å². The fourth-order valence-electron chi connectivity index (χ4n) is 1.98. The van der Waals surface area contributed by atoms with Crippen LogP contribution in [0.3, 0.4) is 0 Å². The minimum atomic E-state index is -3.95. The van der Waals surface area contributed by atoms with Crippen LogP contribution in [0.15, 0.2) is 29.2 Å². The summed E-state index contributed by atoms with van der Waals surface area (Å²) < 4.78 is 25.8. The van der Waals surface area contributed by atoms with E-state index < -0.39 is 32.7 Å². The molecular formula is C10H16Cl2N4O4S. The molecule has 1 aromatic carbocycles. The van der Waals surface area contributed by atoms with Crippen molar-refractivity contribution in [2.45, 2.75) is 17.0 Å². The lowest BCUT2D eigenvalue weighted by Gasteiger charge is -2.15. The Hall–Kier alpha value is -0.970. The molecule has 0 radical (unpaired) electrons. The predicted octanol–water partition coefficient (Wildman–Crippen LogP) is 0.0973. The van der Waals surface area contributed by atoms with Gasteiger partial charge in [-0.3, -0.25) is 10.1 Å². The van der Waals surface area contributed by atoms with E-state index in [2.05, 4.69) is 0 Å². The highest BCUT2D eigenvalue weighted by Crippen LogP contribution is 2.27. The summed E-state index contributed by atoms with van der Waals surface area (Å²) in [4.78, 5) is 9.83. The maximum atomic E-state index is 12.4. The van der Waals surface area contributed by atoms with Crippen LogP contribution in [0.1, 0.15) is 0 Å². The summed E-state index contributed by atoms with van der Waals surface area (Å²) in [5.74, 6) is 0. The maximum Gasteiger partial charge on any atom is 0.289 e. The van der Waals surface area contributed by atoms with Gasteiger partial charge in [0.1, 0.15) is 0 Å². The molecule has 2 rings (SSSR count). The first kappa shape index (κ1) is 20.0. The smallest absolute Gasteiger partial charge is 0.289 e. The molecule has 0 bridgehead atoms. The number of nitrogens with two attached hydrogens (primary N) is 2. The third-order valence-corrected chi connectivity index (χ3v) is 4.94. The lowest BCUT2D eigenvalue weighted by molar-refractivity contribution is -0.387. The highest BCUT2D eigenvalue weighted by molar-refractivity contribution is 7.89. The fourth-order valence-corrected chi connectivity index (χ4v) is 3.65. The Kier molecular flexibility index (Phi) is 7.00. The molecule has 0 unspecified atom stereocenters. The molecule has 1 heterocycles. The number of rotatable bonds is 3. The van der Waals surface area contributed by atoms with Gasteiger partial charge in [0.25, 0.3) is 5.69 Å². The summed E-state index contributed by atoms with van der Waals surface area (Å²) in [6, 6.07) is 4.30. The van der Waals surface area contributed by atoms with Gasteiger partial charge in [0.15, 0.2) is 4.90 Å². The number of benzene rings is 1. The summed E-state index contributed by atoms with van der Waals surface area (Å²) in [5, 5.41) is 10.9. The minimum absolute atomic E-state index is 0. The molecule has 4 N–H and O–H groups in total. The molecule has 11 heteroatoms. The van der Waals surface area contributed by atoms with Crippen LogP contribution in [0.5, 0.6) is 0 Å². The van der Waals surface area contributed by atoms with E-state index in [-0.39, 0.29) is 42.8 Å². The van der Waals surface area contributed by atoms with Crippen LogP contribution in [0, 0.1) is 10.1 Å². The number of nitrogens with zero attached hydrogens (tertiary/aromatic N) is 2.